The van der Waals surface area contributed by atoms with Gasteiger partial charge in [-0.25, -0.2) is 13.2 Å². The minimum atomic E-state index is -4.96. The predicted octanol–water partition coefficient (Wildman–Crippen LogP) is 3.93. The van der Waals surface area contributed by atoms with Gasteiger partial charge in [0.05, 0.1) is 6.42 Å². The van der Waals surface area contributed by atoms with Crippen molar-refractivity contribution in [3.63, 3.8) is 0 Å². The van der Waals surface area contributed by atoms with E-state index in [-0.39, 0.29) is 24.0 Å². The monoisotopic (exact) mass is 525 g/mol. The molecule has 34 heavy (non-hydrogen) atoms. The molecule has 2 heterocycles. The van der Waals surface area contributed by atoms with Gasteiger partial charge in [-0.2, -0.15) is 26.3 Å². The van der Waals surface area contributed by atoms with Crippen LogP contribution in [0.3, 0.4) is 0 Å². The molecular weight excluding hydrogens is 509 g/mol. The highest BCUT2D eigenvalue weighted by molar-refractivity contribution is 5.85. The summed E-state index contributed by atoms with van der Waals surface area (Å²) in [5, 5.41) is 6.17. The maximum absolute atomic E-state index is 13.8. The summed E-state index contributed by atoms with van der Waals surface area (Å²) >= 11 is 0. The van der Waals surface area contributed by atoms with E-state index in [4.69, 9.17) is 5.73 Å². The van der Waals surface area contributed by atoms with Gasteiger partial charge in [-0.05, 0) is 18.1 Å². The number of nitrogens with two attached hydrogens (primary N) is 1. The van der Waals surface area contributed by atoms with Crippen LogP contribution in [0.5, 0.6) is 0 Å². The molecule has 2 N–H and O–H groups in total. The number of nitrogens with zero attached hydrogens (tertiary/aromatic N) is 4. The van der Waals surface area contributed by atoms with Crippen LogP contribution in [0, 0.1) is 17.5 Å². The SMILES string of the molecule is Cl.N[C@@H](CC(=O)N1CCn2c(nnc2C(F)(F)F)[C@H]1CC(F)(F)F)Cc1cc(F)c(F)cc1F. The van der Waals surface area contributed by atoms with E-state index in [0.29, 0.717) is 15.5 Å². The number of rotatable bonds is 5. The molecule has 190 valence electrons. The lowest BCUT2D eigenvalue weighted by Gasteiger charge is -2.36. The number of hydrogen-bond acceptors (Lipinski definition) is 4. The van der Waals surface area contributed by atoms with Gasteiger partial charge in [-0.15, -0.1) is 22.6 Å². The van der Waals surface area contributed by atoms with E-state index in [1.54, 1.807) is 0 Å². The van der Waals surface area contributed by atoms with Crippen molar-refractivity contribution in [3.8, 4) is 0 Å². The summed E-state index contributed by atoms with van der Waals surface area (Å²) in [6.45, 7) is -1.02. The van der Waals surface area contributed by atoms with Gasteiger partial charge in [0.15, 0.2) is 17.5 Å². The van der Waals surface area contributed by atoms with Crippen LogP contribution < -0.4 is 5.73 Å². The Morgan fingerprint density at radius 2 is 1.65 bits per heavy atom. The first-order valence-corrected chi connectivity index (χ1v) is 9.43. The quantitative estimate of drug-likeness (QED) is 0.474. The molecule has 0 fully saturated rings. The number of carbonyl (C=O) groups excluding carboxylic acids is 1. The molecule has 1 aliphatic rings. The van der Waals surface area contributed by atoms with Crippen molar-refractivity contribution < 1.29 is 44.3 Å². The van der Waals surface area contributed by atoms with Gasteiger partial charge in [0.1, 0.15) is 11.9 Å². The standard InChI is InChI=1S/C18H16F9N5O.ClH/c19-10-6-12(21)11(20)4-8(10)3-9(28)5-14(33)31-1-2-32-15(13(31)7-17(22,23)24)29-30-16(32)18(25,26)27;/h4,6,9,13H,1-3,5,7,28H2;1H/t9-,13-;/m1./s1. The number of carbonyl (C=O) groups is 1. The van der Waals surface area contributed by atoms with Gasteiger partial charge in [-0.1, -0.05) is 0 Å². The molecule has 16 heteroatoms. The maximum Gasteiger partial charge on any atom is 0.451 e. The first kappa shape index (κ1) is 27.7. The molecule has 0 aliphatic carbocycles. The first-order chi connectivity index (χ1) is 15.2. The number of alkyl halides is 6. The summed E-state index contributed by atoms with van der Waals surface area (Å²) in [6.07, 6.45) is -12.6. The van der Waals surface area contributed by atoms with Crippen molar-refractivity contribution in [2.24, 2.45) is 5.73 Å². The maximum atomic E-state index is 13.8. The molecule has 0 radical (unpaired) electrons. The number of halogens is 10. The van der Waals surface area contributed by atoms with E-state index in [1.807, 2.05) is 0 Å². The molecule has 3 rings (SSSR count). The minimum Gasteiger partial charge on any atom is -0.330 e. The van der Waals surface area contributed by atoms with Crippen LogP contribution >= 0.6 is 12.4 Å². The fourth-order valence-corrected chi connectivity index (χ4v) is 3.63. The van der Waals surface area contributed by atoms with Gasteiger partial charge in [0.2, 0.25) is 11.7 Å². The van der Waals surface area contributed by atoms with Gasteiger partial charge in [-0.3, -0.25) is 4.79 Å². The average Bonchev–Trinajstić information content (AvgIpc) is 3.10. The average molecular weight is 526 g/mol. The topological polar surface area (TPSA) is 77.0 Å². The van der Waals surface area contributed by atoms with Crippen molar-refractivity contribution in [3.05, 3.63) is 46.8 Å². The van der Waals surface area contributed by atoms with E-state index < -0.39 is 91.8 Å². The molecule has 6 nitrogen and oxygen atoms in total. The Bertz CT molecular complexity index is 1040. The lowest BCUT2D eigenvalue weighted by molar-refractivity contribution is -0.159. The molecule has 1 amide bonds. The van der Waals surface area contributed by atoms with Gasteiger partial charge >= 0.3 is 12.4 Å². The molecule has 2 atom stereocenters. The minimum absolute atomic E-state index is 0. The third-order valence-corrected chi connectivity index (χ3v) is 5.03. The van der Waals surface area contributed by atoms with Crippen LogP contribution in [0.2, 0.25) is 0 Å². The number of aromatic nitrogens is 3. The molecule has 1 aromatic carbocycles. The normalized spacial score (nSPS) is 17.2. The third kappa shape index (κ3) is 6.11. The van der Waals surface area contributed by atoms with E-state index in [9.17, 15) is 44.3 Å². The number of benzene rings is 1. The summed E-state index contributed by atoms with van der Waals surface area (Å²) in [6, 6.07) is -2.26. The molecule has 2 aromatic rings. The highest BCUT2D eigenvalue weighted by Gasteiger charge is 2.46. The van der Waals surface area contributed by atoms with Gasteiger partial charge in [0.25, 0.3) is 0 Å². The zero-order chi connectivity index (χ0) is 24.7. The van der Waals surface area contributed by atoms with Crippen LogP contribution in [0.4, 0.5) is 39.5 Å². The second-order valence-corrected chi connectivity index (χ2v) is 7.48. The van der Waals surface area contributed by atoms with Crippen LogP contribution in [0.25, 0.3) is 0 Å². The Morgan fingerprint density at radius 1 is 1.03 bits per heavy atom. The number of fused-ring (bicyclic) bond motifs is 1. The summed E-state index contributed by atoms with van der Waals surface area (Å²) in [7, 11) is 0. The Labute approximate surface area is 192 Å². The summed E-state index contributed by atoms with van der Waals surface area (Å²) in [5.41, 5.74) is 5.41. The van der Waals surface area contributed by atoms with Crippen molar-refractivity contribution in [2.75, 3.05) is 6.54 Å². The highest BCUT2D eigenvalue weighted by Crippen LogP contribution is 2.38. The van der Waals surface area contributed by atoms with Crippen LogP contribution in [0.15, 0.2) is 12.1 Å². The third-order valence-electron chi connectivity index (χ3n) is 5.03. The largest absolute Gasteiger partial charge is 0.451 e. The van der Waals surface area contributed by atoms with Crippen LogP contribution in [-0.4, -0.2) is 44.3 Å². The van der Waals surface area contributed by atoms with Gasteiger partial charge < -0.3 is 15.2 Å². The second kappa shape index (κ2) is 9.98. The van der Waals surface area contributed by atoms with Crippen molar-refractivity contribution in [1.82, 2.24) is 19.7 Å². The van der Waals surface area contributed by atoms with Crippen LogP contribution in [-0.2, 0) is 23.9 Å². The molecular formula is C18H17ClF9N5O. The summed E-state index contributed by atoms with van der Waals surface area (Å²) in [5.74, 6) is -7.04. The zero-order valence-electron chi connectivity index (χ0n) is 16.9. The molecule has 0 unspecified atom stereocenters. The van der Waals surface area contributed by atoms with E-state index in [1.165, 1.54) is 0 Å². The molecule has 0 saturated carbocycles. The van der Waals surface area contributed by atoms with Crippen LogP contribution in [0.1, 0.15) is 36.1 Å². The number of hydrogen-bond donors (Lipinski definition) is 1. The summed E-state index contributed by atoms with van der Waals surface area (Å²) < 4.78 is 119. The lowest BCUT2D eigenvalue weighted by Crippen LogP contribution is -2.46. The fourth-order valence-electron chi connectivity index (χ4n) is 3.63. The Kier molecular flexibility index (Phi) is 8.13. The molecule has 0 saturated heterocycles. The van der Waals surface area contributed by atoms with E-state index in [0.717, 1.165) is 0 Å². The highest BCUT2D eigenvalue weighted by atomic mass is 35.5. The van der Waals surface area contributed by atoms with E-state index >= 15 is 0 Å². The molecule has 0 spiro atoms. The van der Waals surface area contributed by atoms with Crippen molar-refractivity contribution in [1.29, 1.82) is 0 Å². The zero-order valence-corrected chi connectivity index (χ0v) is 17.7. The lowest BCUT2D eigenvalue weighted by atomic mass is 10.0. The number of amides is 1. The Morgan fingerprint density at radius 3 is 2.24 bits per heavy atom. The van der Waals surface area contributed by atoms with Gasteiger partial charge in [0, 0.05) is 31.6 Å². The molecule has 1 aromatic heterocycles. The Hall–Kier alpha value is -2.55. The second-order valence-electron chi connectivity index (χ2n) is 7.48. The fraction of sp³-hybridized carbons (Fsp3) is 0.500. The Balaban J connectivity index is 0.00000408. The molecule has 1 aliphatic heterocycles. The first-order valence-electron chi connectivity index (χ1n) is 9.43. The van der Waals surface area contributed by atoms with Crippen molar-refractivity contribution in [2.45, 2.75) is 50.2 Å². The summed E-state index contributed by atoms with van der Waals surface area (Å²) in [4.78, 5) is 13.4. The molecule has 0 bridgehead atoms. The van der Waals surface area contributed by atoms with E-state index in [2.05, 4.69) is 10.2 Å². The smallest absolute Gasteiger partial charge is 0.330 e. The van der Waals surface area contributed by atoms with Crippen molar-refractivity contribution >= 4 is 18.3 Å². The predicted molar refractivity (Wildman–Crippen MR) is 100 cm³/mol.